The summed E-state index contributed by atoms with van der Waals surface area (Å²) in [7, 11) is 0. The van der Waals surface area contributed by atoms with Gasteiger partial charge in [-0.1, -0.05) is 26.0 Å². The quantitative estimate of drug-likeness (QED) is 0.541. The predicted molar refractivity (Wildman–Crippen MR) is 77.9 cm³/mol. The molecule has 0 saturated carbocycles. The number of hydrogen-bond acceptors (Lipinski definition) is 2. The summed E-state index contributed by atoms with van der Waals surface area (Å²) in [6.07, 6.45) is 3.70. The molecule has 0 bridgehead atoms. The Hall–Kier alpha value is -1.96. The molecule has 0 aliphatic carbocycles. The molecule has 0 fully saturated rings. The van der Waals surface area contributed by atoms with E-state index in [-0.39, 0.29) is 0 Å². The second-order valence-electron chi connectivity index (χ2n) is 4.11. The Labute approximate surface area is 108 Å². The summed E-state index contributed by atoms with van der Waals surface area (Å²) < 4.78 is 0. The second-order valence-corrected chi connectivity index (χ2v) is 4.11. The number of fused-ring (bicyclic) bond motifs is 3. The number of pyridine rings is 2. The molecule has 3 rings (SSSR count). The monoisotopic (exact) mass is 238 g/mol. The Morgan fingerprint density at radius 3 is 1.44 bits per heavy atom. The van der Waals surface area contributed by atoms with Crippen LogP contribution in [0.5, 0.6) is 0 Å². The molecular formula is C16H18N2. The average molecular weight is 238 g/mol. The van der Waals surface area contributed by atoms with Crippen LogP contribution >= 0.6 is 0 Å². The molecule has 0 N–H and O–H groups in total. The number of hydrogen-bond donors (Lipinski definition) is 0. The van der Waals surface area contributed by atoms with Gasteiger partial charge in [0.15, 0.2) is 0 Å². The topological polar surface area (TPSA) is 25.8 Å². The Balaban J connectivity index is 0.000000574. The van der Waals surface area contributed by atoms with E-state index in [0.717, 1.165) is 11.0 Å². The normalized spacial score (nSPS) is 10.2. The molecule has 0 aliphatic rings. The number of nitrogens with zero attached hydrogens (tertiary/aromatic N) is 2. The van der Waals surface area contributed by atoms with Crippen molar-refractivity contribution in [3.8, 4) is 0 Å². The molecule has 0 unspecified atom stereocenters. The molecule has 0 amide bonds. The number of benzene rings is 1. The molecule has 2 heterocycles. The van der Waals surface area contributed by atoms with E-state index in [0.29, 0.717) is 0 Å². The molecule has 0 saturated heterocycles. The van der Waals surface area contributed by atoms with Gasteiger partial charge < -0.3 is 0 Å². The van der Waals surface area contributed by atoms with Crippen molar-refractivity contribution in [1.82, 2.24) is 9.97 Å². The predicted octanol–water partition coefficient (Wildman–Crippen LogP) is 4.43. The van der Waals surface area contributed by atoms with Gasteiger partial charge in [0, 0.05) is 23.2 Å². The first-order chi connectivity index (χ1) is 8.77. The molecule has 0 aliphatic heterocycles. The van der Waals surface area contributed by atoms with Gasteiger partial charge in [-0.3, -0.25) is 9.97 Å². The zero-order valence-corrected chi connectivity index (χ0v) is 11.4. The van der Waals surface area contributed by atoms with Crippen molar-refractivity contribution in [2.24, 2.45) is 0 Å². The van der Waals surface area contributed by atoms with Gasteiger partial charge in [0.1, 0.15) is 0 Å². The third kappa shape index (κ3) is 1.94. The van der Waals surface area contributed by atoms with Crippen LogP contribution in [-0.2, 0) is 0 Å². The minimum atomic E-state index is 1.00. The summed E-state index contributed by atoms with van der Waals surface area (Å²) >= 11 is 0. The van der Waals surface area contributed by atoms with Crippen LogP contribution in [0.2, 0.25) is 0 Å². The molecule has 18 heavy (non-hydrogen) atoms. The van der Waals surface area contributed by atoms with E-state index in [1.807, 2.05) is 38.4 Å². The van der Waals surface area contributed by atoms with Crippen molar-refractivity contribution in [2.75, 3.05) is 0 Å². The highest BCUT2D eigenvalue weighted by atomic mass is 14.7. The highest BCUT2D eigenvalue weighted by molar-refractivity contribution is 6.04. The van der Waals surface area contributed by atoms with Gasteiger partial charge in [-0.25, -0.2) is 0 Å². The summed E-state index contributed by atoms with van der Waals surface area (Å²) in [6.45, 7) is 8.21. The summed E-state index contributed by atoms with van der Waals surface area (Å²) in [4.78, 5) is 8.90. The molecule has 2 heteroatoms. The van der Waals surface area contributed by atoms with Gasteiger partial charge in [-0.05, 0) is 37.1 Å². The van der Waals surface area contributed by atoms with E-state index in [4.69, 9.17) is 0 Å². The van der Waals surface area contributed by atoms with E-state index in [1.54, 1.807) is 0 Å². The minimum Gasteiger partial charge on any atom is -0.254 e. The van der Waals surface area contributed by atoms with Gasteiger partial charge in [0.05, 0.1) is 11.0 Å². The lowest BCUT2D eigenvalue weighted by molar-refractivity contribution is 1.33. The summed E-state index contributed by atoms with van der Waals surface area (Å²) in [6, 6.07) is 8.33. The Kier molecular flexibility index (Phi) is 3.56. The van der Waals surface area contributed by atoms with Crippen molar-refractivity contribution in [1.29, 1.82) is 0 Å². The van der Waals surface area contributed by atoms with Crippen LogP contribution in [0.1, 0.15) is 25.0 Å². The van der Waals surface area contributed by atoms with E-state index >= 15 is 0 Å². The van der Waals surface area contributed by atoms with Crippen molar-refractivity contribution < 1.29 is 0 Å². The van der Waals surface area contributed by atoms with Crippen molar-refractivity contribution in [2.45, 2.75) is 27.7 Å². The Morgan fingerprint density at radius 2 is 1.06 bits per heavy atom. The number of rotatable bonds is 0. The second kappa shape index (κ2) is 5.13. The van der Waals surface area contributed by atoms with E-state index in [9.17, 15) is 0 Å². The molecule has 92 valence electrons. The van der Waals surface area contributed by atoms with Crippen LogP contribution < -0.4 is 0 Å². The third-order valence-electron chi connectivity index (χ3n) is 3.06. The molecule has 2 nitrogen and oxygen atoms in total. The molecule has 0 radical (unpaired) electrons. The first kappa shape index (κ1) is 12.5. The van der Waals surface area contributed by atoms with Crippen molar-refractivity contribution in [3.05, 3.63) is 47.8 Å². The van der Waals surface area contributed by atoms with Crippen LogP contribution in [0, 0.1) is 13.8 Å². The van der Waals surface area contributed by atoms with Crippen LogP contribution in [0.25, 0.3) is 21.8 Å². The lowest BCUT2D eigenvalue weighted by Crippen LogP contribution is -1.88. The largest absolute Gasteiger partial charge is 0.254 e. The van der Waals surface area contributed by atoms with Crippen LogP contribution in [0.4, 0.5) is 0 Å². The molecular weight excluding hydrogens is 220 g/mol. The first-order valence-electron chi connectivity index (χ1n) is 6.37. The van der Waals surface area contributed by atoms with Gasteiger partial charge in [0.2, 0.25) is 0 Å². The highest BCUT2D eigenvalue weighted by Crippen LogP contribution is 2.25. The fourth-order valence-corrected chi connectivity index (χ4v) is 2.10. The highest BCUT2D eigenvalue weighted by Gasteiger charge is 2.05. The standard InChI is InChI=1S/C14H12N2.C2H6/c1-9-5-7-15-13-11(9)3-4-12-10(2)6-8-16-14(12)13;1-2/h3-8H,1-2H3;1-2H3. The van der Waals surface area contributed by atoms with Crippen LogP contribution in [-0.4, -0.2) is 9.97 Å². The Morgan fingerprint density at radius 1 is 0.667 bits per heavy atom. The lowest BCUT2D eigenvalue weighted by atomic mass is 10.0. The van der Waals surface area contributed by atoms with Crippen molar-refractivity contribution >= 4 is 21.8 Å². The molecule has 3 aromatic rings. The molecule has 0 spiro atoms. The SMILES string of the molecule is CC.Cc1ccnc2c1ccc1c(C)ccnc12. The minimum absolute atomic E-state index is 1.00. The smallest absolute Gasteiger partial charge is 0.0967 e. The van der Waals surface area contributed by atoms with E-state index < -0.39 is 0 Å². The summed E-state index contributed by atoms with van der Waals surface area (Å²) in [5.41, 5.74) is 4.49. The fourth-order valence-electron chi connectivity index (χ4n) is 2.10. The molecule has 1 aromatic carbocycles. The molecule has 0 atom stereocenters. The maximum Gasteiger partial charge on any atom is 0.0967 e. The van der Waals surface area contributed by atoms with Gasteiger partial charge in [-0.2, -0.15) is 0 Å². The maximum atomic E-state index is 4.45. The summed E-state index contributed by atoms with van der Waals surface area (Å²) in [5, 5.41) is 2.38. The molecule has 2 aromatic heterocycles. The first-order valence-corrected chi connectivity index (χ1v) is 6.37. The fraction of sp³-hybridized carbons (Fsp3) is 0.250. The Bertz CT molecular complexity index is 626. The zero-order chi connectivity index (χ0) is 13.1. The average Bonchev–Trinajstić information content (AvgIpc) is 2.42. The summed E-state index contributed by atoms with van der Waals surface area (Å²) in [5.74, 6) is 0. The van der Waals surface area contributed by atoms with Crippen LogP contribution in [0.15, 0.2) is 36.7 Å². The van der Waals surface area contributed by atoms with E-state index in [2.05, 4.69) is 35.9 Å². The van der Waals surface area contributed by atoms with Gasteiger partial charge in [-0.15, -0.1) is 0 Å². The van der Waals surface area contributed by atoms with E-state index in [1.165, 1.54) is 21.9 Å². The number of aryl methyl sites for hydroxylation is 2. The maximum absolute atomic E-state index is 4.45. The van der Waals surface area contributed by atoms with Crippen molar-refractivity contribution in [3.63, 3.8) is 0 Å². The zero-order valence-electron chi connectivity index (χ0n) is 11.4. The van der Waals surface area contributed by atoms with Crippen LogP contribution in [0.3, 0.4) is 0 Å². The van der Waals surface area contributed by atoms with Gasteiger partial charge in [0.25, 0.3) is 0 Å². The van der Waals surface area contributed by atoms with Gasteiger partial charge >= 0.3 is 0 Å². The third-order valence-corrected chi connectivity index (χ3v) is 3.06. The lowest BCUT2D eigenvalue weighted by Gasteiger charge is -2.06. The number of aromatic nitrogens is 2.